The summed E-state index contributed by atoms with van der Waals surface area (Å²) in [5.41, 5.74) is 2.22. The Morgan fingerprint density at radius 2 is 1.79 bits per heavy atom. The zero-order chi connectivity index (χ0) is 21.8. The molecule has 1 aromatic carbocycles. The van der Waals surface area contributed by atoms with Gasteiger partial charge in [0.1, 0.15) is 6.54 Å². The lowest BCUT2D eigenvalue weighted by atomic mass is 9.98. The first-order valence-electron chi connectivity index (χ1n) is 9.71. The molecule has 0 fully saturated rings. The number of rotatable bonds is 8. The summed E-state index contributed by atoms with van der Waals surface area (Å²) >= 11 is 0. The number of carbonyl (C=O) groups excluding carboxylic acids is 1. The van der Waals surface area contributed by atoms with Crippen LogP contribution in [0.3, 0.4) is 0 Å². The fourth-order valence-corrected chi connectivity index (χ4v) is 4.65. The number of benzene rings is 1. The van der Waals surface area contributed by atoms with Gasteiger partial charge < -0.3 is 9.88 Å². The number of hydrogen-bond donors (Lipinski definition) is 1. The predicted octanol–water partition coefficient (Wildman–Crippen LogP) is 2.95. The van der Waals surface area contributed by atoms with E-state index >= 15 is 0 Å². The van der Waals surface area contributed by atoms with Crippen molar-refractivity contribution in [2.24, 2.45) is 0 Å². The van der Waals surface area contributed by atoms with Gasteiger partial charge in [0.25, 0.3) is 5.56 Å². The first kappa shape index (κ1) is 22.8. The molecule has 0 spiro atoms. The third-order valence-electron chi connectivity index (χ3n) is 4.80. The Labute approximate surface area is 172 Å². The minimum absolute atomic E-state index is 0.00707. The van der Waals surface area contributed by atoms with E-state index in [1.807, 2.05) is 39.0 Å². The van der Waals surface area contributed by atoms with Crippen molar-refractivity contribution in [2.45, 2.75) is 52.0 Å². The molecule has 0 saturated carbocycles. The maximum Gasteiger partial charge on any atom is 0.251 e. The molecule has 7 nitrogen and oxygen atoms in total. The molecular formula is C21H29N3O4S. The number of aromatic nitrogens is 1. The monoisotopic (exact) mass is 419 g/mol. The number of anilines is 1. The molecule has 29 heavy (non-hydrogen) atoms. The number of sulfonamides is 1. The molecule has 0 saturated heterocycles. The van der Waals surface area contributed by atoms with Gasteiger partial charge in [0, 0.05) is 31.0 Å². The molecule has 0 atom stereocenters. The molecule has 0 aliphatic heterocycles. The van der Waals surface area contributed by atoms with E-state index in [2.05, 4.69) is 5.32 Å². The SMILES string of the molecule is CCN(CC)S(=O)(=O)c1ccc(=O)n(CC(=O)Nc2c(C)cccc2C(C)C)c1. The molecule has 0 aliphatic rings. The lowest BCUT2D eigenvalue weighted by Crippen LogP contribution is -2.33. The molecule has 1 heterocycles. The van der Waals surface area contributed by atoms with E-state index in [0.717, 1.165) is 21.4 Å². The Hall–Kier alpha value is -2.45. The van der Waals surface area contributed by atoms with Crippen molar-refractivity contribution in [3.8, 4) is 0 Å². The molecule has 0 radical (unpaired) electrons. The second kappa shape index (κ2) is 9.37. The summed E-state index contributed by atoms with van der Waals surface area (Å²) in [6.45, 7) is 9.86. The topological polar surface area (TPSA) is 88.5 Å². The maximum atomic E-state index is 12.7. The first-order valence-corrected chi connectivity index (χ1v) is 11.2. The van der Waals surface area contributed by atoms with E-state index in [9.17, 15) is 18.0 Å². The lowest BCUT2D eigenvalue weighted by Gasteiger charge is -2.19. The van der Waals surface area contributed by atoms with E-state index in [1.165, 1.54) is 22.6 Å². The van der Waals surface area contributed by atoms with Gasteiger partial charge in [-0.2, -0.15) is 4.31 Å². The van der Waals surface area contributed by atoms with Crippen LogP contribution in [0.5, 0.6) is 0 Å². The van der Waals surface area contributed by atoms with E-state index in [-0.39, 0.29) is 23.3 Å². The van der Waals surface area contributed by atoms with E-state index in [1.54, 1.807) is 13.8 Å². The van der Waals surface area contributed by atoms with Crippen LogP contribution in [0.4, 0.5) is 5.69 Å². The van der Waals surface area contributed by atoms with Crippen LogP contribution in [-0.4, -0.2) is 36.3 Å². The lowest BCUT2D eigenvalue weighted by molar-refractivity contribution is -0.116. The minimum atomic E-state index is -3.72. The summed E-state index contributed by atoms with van der Waals surface area (Å²) in [6, 6.07) is 8.26. The summed E-state index contributed by atoms with van der Waals surface area (Å²) in [6.07, 6.45) is 1.23. The summed E-state index contributed by atoms with van der Waals surface area (Å²) in [5, 5.41) is 2.88. The second-order valence-electron chi connectivity index (χ2n) is 7.16. The summed E-state index contributed by atoms with van der Waals surface area (Å²) in [7, 11) is -3.72. The molecule has 1 amide bonds. The van der Waals surface area contributed by atoms with Crippen molar-refractivity contribution in [1.82, 2.24) is 8.87 Å². The molecule has 2 rings (SSSR count). The van der Waals surface area contributed by atoms with Gasteiger partial charge in [-0.05, 0) is 30.0 Å². The highest BCUT2D eigenvalue weighted by Gasteiger charge is 2.22. The van der Waals surface area contributed by atoms with Crippen molar-refractivity contribution in [2.75, 3.05) is 18.4 Å². The zero-order valence-electron chi connectivity index (χ0n) is 17.6. The summed E-state index contributed by atoms with van der Waals surface area (Å²) in [4.78, 5) is 24.8. The molecule has 158 valence electrons. The highest BCUT2D eigenvalue weighted by molar-refractivity contribution is 7.89. The Kier molecular flexibility index (Phi) is 7.37. The van der Waals surface area contributed by atoms with Crippen molar-refractivity contribution in [1.29, 1.82) is 0 Å². The number of para-hydroxylation sites is 1. The van der Waals surface area contributed by atoms with E-state index in [4.69, 9.17) is 0 Å². The molecule has 1 N–H and O–H groups in total. The largest absolute Gasteiger partial charge is 0.324 e. The third kappa shape index (κ3) is 5.13. The number of pyridine rings is 1. The van der Waals surface area contributed by atoms with Gasteiger partial charge >= 0.3 is 0 Å². The van der Waals surface area contributed by atoms with Crippen LogP contribution in [0.2, 0.25) is 0 Å². The van der Waals surface area contributed by atoms with Crippen molar-refractivity contribution in [3.05, 3.63) is 58.0 Å². The van der Waals surface area contributed by atoms with Crippen LogP contribution in [0.15, 0.2) is 46.2 Å². The smallest absolute Gasteiger partial charge is 0.251 e. The molecular weight excluding hydrogens is 390 g/mol. The van der Waals surface area contributed by atoms with Crippen molar-refractivity contribution >= 4 is 21.6 Å². The molecule has 0 aliphatic carbocycles. The second-order valence-corrected chi connectivity index (χ2v) is 9.10. The minimum Gasteiger partial charge on any atom is -0.324 e. The Morgan fingerprint density at radius 3 is 2.38 bits per heavy atom. The van der Waals surface area contributed by atoms with Gasteiger partial charge in [-0.15, -0.1) is 0 Å². The number of nitrogens with one attached hydrogen (secondary N) is 1. The number of hydrogen-bond acceptors (Lipinski definition) is 4. The summed E-state index contributed by atoms with van der Waals surface area (Å²) in [5.74, 6) is -0.170. The fraction of sp³-hybridized carbons (Fsp3) is 0.429. The van der Waals surface area contributed by atoms with Crippen LogP contribution in [-0.2, 0) is 21.4 Å². The first-order chi connectivity index (χ1) is 13.6. The van der Waals surface area contributed by atoms with Crippen LogP contribution in [0.1, 0.15) is 44.7 Å². The predicted molar refractivity (Wildman–Crippen MR) is 115 cm³/mol. The van der Waals surface area contributed by atoms with Crippen LogP contribution in [0.25, 0.3) is 0 Å². The number of aryl methyl sites for hydroxylation is 1. The quantitative estimate of drug-likeness (QED) is 0.712. The standard InChI is InChI=1S/C21H29N3O4S/c1-6-24(7-2)29(27,28)17-11-12-20(26)23(13-17)14-19(25)22-21-16(5)9-8-10-18(21)15(3)4/h8-13,15H,6-7,14H2,1-5H3,(H,22,25). The summed E-state index contributed by atoms with van der Waals surface area (Å²) < 4.78 is 27.8. The Balaban J connectivity index is 2.32. The molecule has 0 unspecified atom stereocenters. The molecule has 1 aromatic heterocycles. The molecule has 0 bridgehead atoms. The average Bonchev–Trinajstić information content (AvgIpc) is 2.65. The average molecular weight is 420 g/mol. The van der Waals surface area contributed by atoms with Gasteiger partial charge in [0.15, 0.2) is 0 Å². The van der Waals surface area contributed by atoms with Gasteiger partial charge in [0.05, 0.1) is 4.90 Å². The van der Waals surface area contributed by atoms with Gasteiger partial charge in [-0.1, -0.05) is 45.9 Å². The van der Waals surface area contributed by atoms with Crippen LogP contribution < -0.4 is 10.9 Å². The molecule has 2 aromatic rings. The van der Waals surface area contributed by atoms with Gasteiger partial charge in [-0.25, -0.2) is 8.42 Å². The number of amides is 1. The highest BCUT2D eigenvalue weighted by atomic mass is 32.2. The normalized spacial score (nSPS) is 11.8. The maximum absolute atomic E-state index is 12.7. The number of nitrogens with zero attached hydrogens (tertiary/aromatic N) is 2. The number of carbonyl (C=O) groups is 1. The van der Waals surface area contributed by atoms with Gasteiger partial charge in [-0.3, -0.25) is 9.59 Å². The Morgan fingerprint density at radius 1 is 1.14 bits per heavy atom. The van der Waals surface area contributed by atoms with Crippen LogP contribution >= 0.6 is 0 Å². The fourth-order valence-electron chi connectivity index (χ4n) is 3.17. The van der Waals surface area contributed by atoms with Crippen LogP contribution in [0, 0.1) is 6.92 Å². The van der Waals surface area contributed by atoms with Crippen molar-refractivity contribution < 1.29 is 13.2 Å². The van der Waals surface area contributed by atoms with Gasteiger partial charge in [0.2, 0.25) is 15.9 Å². The van der Waals surface area contributed by atoms with E-state index < -0.39 is 15.6 Å². The zero-order valence-corrected chi connectivity index (χ0v) is 18.4. The third-order valence-corrected chi connectivity index (χ3v) is 6.84. The molecule has 8 heteroatoms. The highest BCUT2D eigenvalue weighted by Crippen LogP contribution is 2.27. The van der Waals surface area contributed by atoms with E-state index in [0.29, 0.717) is 13.1 Å². The van der Waals surface area contributed by atoms with Crippen molar-refractivity contribution in [3.63, 3.8) is 0 Å². The Bertz CT molecular complexity index is 1040.